The quantitative estimate of drug-likeness (QED) is 0.297. The van der Waals surface area contributed by atoms with E-state index in [1.54, 1.807) is 17.5 Å². The number of hydrogen-bond donors (Lipinski definition) is 3. The van der Waals surface area contributed by atoms with Gasteiger partial charge in [0.1, 0.15) is 6.29 Å². The summed E-state index contributed by atoms with van der Waals surface area (Å²) in [4.78, 5) is 11.5. The molecule has 0 aliphatic rings. The number of nitrogens with two attached hydrogens (primary N) is 2. The highest BCUT2D eigenvalue weighted by atomic mass is 32.2. The van der Waals surface area contributed by atoms with E-state index in [-0.39, 0.29) is 6.54 Å². The Labute approximate surface area is 138 Å². The van der Waals surface area contributed by atoms with Crippen molar-refractivity contribution in [2.75, 3.05) is 13.1 Å². The maximum Gasteiger partial charge on any atom is 0.140 e. The van der Waals surface area contributed by atoms with Crippen LogP contribution in [0.2, 0.25) is 0 Å². The third kappa shape index (κ3) is 5.19. The molecule has 22 heavy (non-hydrogen) atoms. The summed E-state index contributed by atoms with van der Waals surface area (Å²) in [6, 6.07) is 14.4. The van der Waals surface area contributed by atoms with Gasteiger partial charge in [-0.05, 0) is 29.6 Å². The minimum absolute atomic E-state index is 0.124. The van der Waals surface area contributed by atoms with E-state index in [4.69, 9.17) is 11.6 Å². The Morgan fingerprint density at radius 2 is 2.05 bits per heavy atom. The molecule has 0 spiro atoms. The summed E-state index contributed by atoms with van der Waals surface area (Å²) in [6.45, 7) is 0.606. The fourth-order valence-corrected chi connectivity index (χ4v) is 3.59. The predicted molar refractivity (Wildman–Crippen MR) is 92.8 cm³/mol. The van der Waals surface area contributed by atoms with Gasteiger partial charge in [0, 0.05) is 23.3 Å². The Morgan fingerprint density at radius 3 is 2.77 bits per heavy atom. The van der Waals surface area contributed by atoms with Crippen molar-refractivity contribution < 1.29 is 4.79 Å². The van der Waals surface area contributed by atoms with Crippen LogP contribution in [0, 0.1) is 0 Å². The van der Waals surface area contributed by atoms with Gasteiger partial charge in [0.05, 0.1) is 10.8 Å². The molecular weight excluding hydrogens is 316 g/mol. The molecule has 2 rings (SSSR count). The normalized spacial score (nSPS) is 11.4. The molecule has 0 fully saturated rings. The van der Waals surface area contributed by atoms with Gasteiger partial charge in [-0.1, -0.05) is 30.3 Å². The van der Waals surface area contributed by atoms with Crippen LogP contribution in [-0.4, -0.2) is 24.4 Å². The zero-order valence-corrected chi connectivity index (χ0v) is 13.6. The second-order valence-corrected chi connectivity index (χ2v) is 6.75. The highest BCUT2D eigenvalue weighted by Crippen LogP contribution is 2.32. The number of nitrogens with zero attached hydrogens (tertiary/aromatic N) is 1. The predicted octanol–water partition coefficient (Wildman–Crippen LogP) is 2.19. The molecule has 0 bridgehead atoms. The number of carbonyl (C=O) groups is 1. The van der Waals surface area contributed by atoms with E-state index in [1.165, 1.54) is 27.4 Å². The summed E-state index contributed by atoms with van der Waals surface area (Å²) in [6.07, 6.45) is 2.27. The van der Waals surface area contributed by atoms with Crippen LogP contribution in [0.15, 0.2) is 58.6 Å². The molecule has 2 aromatic rings. The SMILES string of the molecule is N/C(=C\N(N)CC=O)CNSc1ccc(-c2ccccc2)s1. The van der Waals surface area contributed by atoms with Gasteiger partial charge in [-0.15, -0.1) is 11.3 Å². The molecule has 0 saturated heterocycles. The van der Waals surface area contributed by atoms with Crippen molar-refractivity contribution >= 4 is 29.6 Å². The highest BCUT2D eigenvalue weighted by Gasteiger charge is 2.03. The van der Waals surface area contributed by atoms with Crippen LogP contribution >= 0.6 is 23.3 Å². The molecule has 5 N–H and O–H groups in total. The maximum absolute atomic E-state index is 10.3. The molecule has 0 aliphatic carbocycles. The third-order valence-electron chi connectivity index (χ3n) is 2.71. The van der Waals surface area contributed by atoms with E-state index in [9.17, 15) is 4.79 Å². The van der Waals surface area contributed by atoms with Crippen molar-refractivity contribution in [3.63, 3.8) is 0 Å². The molecule has 0 unspecified atom stereocenters. The number of aldehydes is 1. The fourth-order valence-electron chi connectivity index (χ4n) is 1.72. The Bertz CT molecular complexity index is 627. The van der Waals surface area contributed by atoms with E-state index >= 15 is 0 Å². The minimum Gasteiger partial charge on any atom is -0.400 e. The molecule has 0 aliphatic heterocycles. The van der Waals surface area contributed by atoms with E-state index in [2.05, 4.69) is 29.0 Å². The molecule has 0 radical (unpaired) electrons. The monoisotopic (exact) mass is 334 g/mol. The van der Waals surface area contributed by atoms with Crippen molar-refractivity contribution in [3.8, 4) is 10.4 Å². The van der Waals surface area contributed by atoms with Crippen molar-refractivity contribution in [2.24, 2.45) is 11.6 Å². The van der Waals surface area contributed by atoms with Crippen LogP contribution in [-0.2, 0) is 4.79 Å². The number of hydrogen-bond acceptors (Lipinski definition) is 7. The first-order chi connectivity index (χ1) is 10.7. The number of carbonyl (C=O) groups excluding carboxylic acids is 1. The Balaban J connectivity index is 1.83. The van der Waals surface area contributed by atoms with Crippen molar-refractivity contribution in [1.82, 2.24) is 9.73 Å². The number of rotatable bonds is 8. The topological polar surface area (TPSA) is 84.4 Å². The van der Waals surface area contributed by atoms with Crippen LogP contribution in [0.3, 0.4) is 0 Å². The number of thiophene rings is 1. The lowest BCUT2D eigenvalue weighted by Gasteiger charge is -2.11. The number of nitrogens with one attached hydrogen (secondary N) is 1. The van der Waals surface area contributed by atoms with Gasteiger partial charge >= 0.3 is 0 Å². The first-order valence-electron chi connectivity index (χ1n) is 6.65. The van der Waals surface area contributed by atoms with E-state index in [1.807, 2.05) is 18.2 Å². The minimum atomic E-state index is 0.124. The zero-order valence-electron chi connectivity index (χ0n) is 11.9. The second kappa shape index (κ2) is 8.60. The van der Waals surface area contributed by atoms with Crippen LogP contribution in [0.5, 0.6) is 0 Å². The fraction of sp³-hybridized carbons (Fsp3) is 0.133. The van der Waals surface area contributed by atoms with E-state index in [0.29, 0.717) is 12.2 Å². The van der Waals surface area contributed by atoms with Crippen molar-refractivity contribution in [3.05, 3.63) is 54.4 Å². The molecule has 1 heterocycles. The third-order valence-corrected chi connectivity index (χ3v) is 4.76. The first-order valence-corrected chi connectivity index (χ1v) is 8.28. The summed E-state index contributed by atoms with van der Waals surface area (Å²) in [5.74, 6) is 5.55. The Morgan fingerprint density at radius 1 is 1.27 bits per heavy atom. The molecule has 1 aromatic carbocycles. The van der Waals surface area contributed by atoms with Gasteiger partial charge in [0.2, 0.25) is 0 Å². The maximum atomic E-state index is 10.3. The summed E-state index contributed by atoms with van der Waals surface area (Å²) in [5, 5.41) is 1.26. The van der Waals surface area contributed by atoms with E-state index < -0.39 is 0 Å². The molecule has 116 valence electrons. The Hall–Kier alpha value is -1.80. The lowest BCUT2D eigenvalue weighted by atomic mass is 10.2. The van der Waals surface area contributed by atoms with Gasteiger partial charge in [0.15, 0.2) is 0 Å². The summed E-state index contributed by atoms with van der Waals surface area (Å²) >= 11 is 3.24. The van der Waals surface area contributed by atoms with Gasteiger partial charge in [-0.3, -0.25) is 4.72 Å². The summed E-state index contributed by atoms with van der Waals surface area (Å²) in [7, 11) is 0. The van der Waals surface area contributed by atoms with Crippen LogP contribution < -0.4 is 16.3 Å². The molecule has 7 heteroatoms. The molecule has 0 saturated carbocycles. The smallest absolute Gasteiger partial charge is 0.140 e. The molecule has 0 amide bonds. The van der Waals surface area contributed by atoms with Gasteiger partial charge in [-0.2, -0.15) is 0 Å². The van der Waals surface area contributed by atoms with Crippen molar-refractivity contribution in [1.29, 1.82) is 0 Å². The number of benzene rings is 1. The van der Waals surface area contributed by atoms with Gasteiger partial charge < -0.3 is 15.5 Å². The highest BCUT2D eigenvalue weighted by molar-refractivity contribution is 7.99. The molecule has 0 atom stereocenters. The van der Waals surface area contributed by atoms with Gasteiger partial charge in [-0.25, -0.2) is 5.84 Å². The van der Waals surface area contributed by atoms with Crippen molar-refractivity contribution in [2.45, 2.75) is 4.21 Å². The summed E-state index contributed by atoms with van der Waals surface area (Å²) < 4.78 is 4.33. The molecule has 5 nitrogen and oxygen atoms in total. The Kier molecular flexibility index (Phi) is 6.47. The lowest BCUT2D eigenvalue weighted by Crippen LogP contribution is -2.29. The second-order valence-electron chi connectivity index (χ2n) is 4.48. The lowest BCUT2D eigenvalue weighted by molar-refractivity contribution is -0.108. The van der Waals surface area contributed by atoms with E-state index in [0.717, 1.165) is 10.5 Å². The van der Waals surface area contributed by atoms with Gasteiger partial charge in [0.25, 0.3) is 0 Å². The van der Waals surface area contributed by atoms with Crippen LogP contribution in [0.25, 0.3) is 10.4 Å². The van der Waals surface area contributed by atoms with Crippen LogP contribution in [0.1, 0.15) is 0 Å². The average Bonchev–Trinajstić information content (AvgIpc) is 2.97. The number of hydrazine groups is 1. The zero-order chi connectivity index (χ0) is 15.8. The average molecular weight is 334 g/mol. The van der Waals surface area contributed by atoms with Crippen LogP contribution in [0.4, 0.5) is 0 Å². The molecule has 1 aromatic heterocycles. The largest absolute Gasteiger partial charge is 0.400 e. The molecular formula is C15H18N4OS2. The standard InChI is InChI=1S/C15H18N4OS2/c16-13(11-19(17)8-9-20)10-18-22-15-7-6-14(21-15)12-4-2-1-3-5-12/h1-7,9,11,18H,8,10,16-17H2/b13-11-. The first kappa shape index (κ1) is 16.6. The summed E-state index contributed by atoms with van der Waals surface area (Å²) in [5.41, 5.74) is 7.60.